The number of hydrogen-bond acceptors (Lipinski definition) is 10. The van der Waals surface area contributed by atoms with Crippen molar-refractivity contribution in [3.63, 3.8) is 0 Å². The Hall–Kier alpha value is -6.76. The van der Waals surface area contributed by atoms with Gasteiger partial charge in [0, 0.05) is 88.9 Å². The molecule has 4 aliphatic rings. The van der Waals surface area contributed by atoms with E-state index in [-0.39, 0.29) is 67.1 Å². The summed E-state index contributed by atoms with van der Waals surface area (Å²) in [5.74, 6) is -2.44. The second-order valence-electron chi connectivity index (χ2n) is 18.9. The summed E-state index contributed by atoms with van der Waals surface area (Å²) in [6.45, 7) is 8.11. The average Bonchev–Trinajstić information content (AvgIpc) is 4.10. The van der Waals surface area contributed by atoms with Crippen LogP contribution in [0.5, 0.6) is 0 Å². The van der Waals surface area contributed by atoms with Crippen molar-refractivity contribution in [3.05, 3.63) is 204 Å². The monoisotopic (exact) mass is 1010 g/mol. The van der Waals surface area contributed by atoms with Gasteiger partial charge in [0.1, 0.15) is 12.1 Å². The predicted molar refractivity (Wildman–Crippen MR) is 290 cm³/mol. The van der Waals surface area contributed by atoms with Crippen molar-refractivity contribution in [2.75, 3.05) is 82.4 Å². The number of carbonyl (C=O) groups is 4. The molecule has 4 heterocycles. The van der Waals surface area contributed by atoms with Gasteiger partial charge in [-0.25, -0.2) is 9.59 Å². The van der Waals surface area contributed by atoms with Crippen LogP contribution in [-0.4, -0.2) is 156 Å². The van der Waals surface area contributed by atoms with E-state index in [4.69, 9.17) is 4.74 Å². The number of anilines is 2. The van der Waals surface area contributed by atoms with Crippen LogP contribution in [0.25, 0.3) is 0 Å². The minimum absolute atomic E-state index is 0. The zero-order valence-corrected chi connectivity index (χ0v) is 42.4. The smallest absolute Gasteiger partial charge is 0.870 e. The quantitative estimate of drug-likeness (QED) is 0.138. The molecule has 4 fully saturated rings. The van der Waals surface area contributed by atoms with E-state index < -0.39 is 29.9 Å². The molecule has 4 saturated heterocycles. The summed E-state index contributed by atoms with van der Waals surface area (Å²) in [5, 5.41) is 10.0. The molecule has 2 amide bonds. The molecule has 75 heavy (non-hydrogen) atoms. The molecule has 0 saturated carbocycles. The summed E-state index contributed by atoms with van der Waals surface area (Å²) in [7, 11) is 1.41. The average molecular weight is 1010 g/mol. The van der Waals surface area contributed by atoms with E-state index in [0.29, 0.717) is 25.9 Å². The number of nitrogens with zero attached hydrogens (tertiary/aromatic N) is 6. The maximum Gasteiger partial charge on any atom is 1.00 e. The summed E-state index contributed by atoms with van der Waals surface area (Å²) in [6, 6.07) is 58.6. The van der Waals surface area contributed by atoms with Crippen LogP contribution < -0.4 is 28.7 Å². The summed E-state index contributed by atoms with van der Waals surface area (Å²) < 4.78 is 5.16. The van der Waals surface area contributed by atoms with Crippen molar-refractivity contribution in [2.45, 2.75) is 56.3 Å². The third-order valence-corrected chi connectivity index (χ3v) is 14.8. The minimum atomic E-state index is -0.927. The number of carbonyl (C=O) groups excluding carboxylic acids is 3. The molecule has 0 spiro atoms. The number of amides is 2. The van der Waals surface area contributed by atoms with Crippen molar-refractivity contribution in [2.24, 2.45) is 0 Å². The Labute approximate surface area is 454 Å². The van der Waals surface area contributed by atoms with Gasteiger partial charge in [0.05, 0.1) is 18.9 Å². The Balaban J connectivity index is 0.000000263. The van der Waals surface area contributed by atoms with Crippen molar-refractivity contribution in [1.82, 2.24) is 19.6 Å². The molecule has 0 aromatic heterocycles. The fraction of sp³-hybridized carbons (Fsp3) is 0.333. The molecule has 390 valence electrons. The number of rotatable bonds is 12. The van der Waals surface area contributed by atoms with Gasteiger partial charge in [0.15, 0.2) is 0 Å². The Kier molecular flexibility index (Phi) is 22.2. The fourth-order valence-corrected chi connectivity index (χ4v) is 11.1. The first kappa shape index (κ1) is 59.1. The van der Waals surface area contributed by atoms with Gasteiger partial charge in [-0.15, -0.1) is 0 Å². The summed E-state index contributed by atoms with van der Waals surface area (Å²) in [5.41, 5.74) is 6.07. The third kappa shape index (κ3) is 13.9. The number of likely N-dealkylation sites (tertiary alicyclic amines) is 2. The molecule has 6 aromatic carbocycles. The topological polar surface area (TPSA) is 179 Å². The molecule has 14 nitrogen and oxygen atoms in total. The summed E-state index contributed by atoms with van der Waals surface area (Å²) in [6.07, 6.45) is 1.06. The van der Waals surface area contributed by atoms with Crippen LogP contribution in [-0.2, 0) is 23.9 Å². The van der Waals surface area contributed by atoms with E-state index in [1.807, 2.05) is 133 Å². The van der Waals surface area contributed by atoms with Gasteiger partial charge in [-0.3, -0.25) is 19.4 Å². The Morgan fingerprint density at radius 1 is 0.467 bits per heavy atom. The van der Waals surface area contributed by atoms with Gasteiger partial charge in [-0.1, -0.05) is 165 Å². The van der Waals surface area contributed by atoms with Crippen LogP contribution in [0.4, 0.5) is 11.4 Å². The molecule has 0 aliphatic carbocycles. The Bertz CT molecular complexity index is 2590. The number of hydrogen-bond donors (Lipinski definition) is 1. The molecule has 10 rings (SSSR count). The number of benzene rings is 6. The van der Waals surface area contributed by atoms with Crippen LogP contribution in [0.15, 0.2) is 182 Å². The van der Waals surface area contributed by atoms with Crippen LogP contribution in [0.3, 0.4) is 0 Å². The second kappa shape index (κ2) is 28.2. The van der Waals surface area contributed by atoms with Gasteiger partial charge < -0.3 is 40.4 Å². The number of esters is 1. The van der Waals surface area contributed by atoms with E-state index >= 15 is 0 Å². The molecule has 4 atom stereocenters. The molecule has 4 aliphatic heterocycles. The van der Waals surface area contributed by atoms with Crippen molar-refractivity contribution in [3.8, 4) is 0 Å². The molecule has 0 radical (unpaired) electrons. The molecule has 0 unspecified atom stereocenters. The van der Waals surface area contributed by atoms with E-state index in [2.05, 4.69) is 68.1 Å². The number of carboxylic acid groups (broad SMARTS) is 1. The number of para-hydroxylation sites is 2. The molecule has 6 aromatic rings. The fourth-order valence-electron chi connectivity index (χ4n) is 11.1. The van der Waals surface area contributed by atoms with Crippen LogP contribution in [0.1, 0.15) is 54.4 Å². The Morgan fingerprint density at radius 2 is 0.747 bits per heavy atom. The second-order valence-corrected chi connectivity index (χ2v) is 18.9. The number of methoxy groups -OCH3 is 1. The first-order valence-electron chi connectivity index (χ1n) is 25.0. The number of carboxylic acids is 1. The van der Waals surface area contributed by atoms with E-state index in [1.165, 1.54) is 18.5 Å². The number of aliphatic carboxylic acids is 1. The van der Waals surface area contributed by atoms with Crippen molar-refractivity contribution >= 4 is 35.1 Å². The largest absolute Gasteiger partial charge is 1.00 e. The molecule has 0 bridgehead atoms. The normalized spacial score (nSPS) is 19.6. The Morgan fingerprint density at radius 3 is 1.04 bits per heavy atom. The molecular weight excluding hydrogens is 940 g/mol. The first-order chi connectivity index (χ1) is 34.8. The van der Waals surface area contributed by atoms with Crippen molar-refractivity contribution in [1.29, 1.82) is 0 Å². The number of piperazine rings is 2. The predicted octanol–water partition coefficient (Wildman–Crippen LogP) is 4.12. The van der Waals surface area contributed by atoms with Crippen molar-refractivity contribution < 1.29 is 58.8 Å². The SMILES string of the molecule is C.COC(=O)[C@@H]1C[C@H](N2CCN(c3ccccc3)CC2)CN1C(=O)C(c1ccccc1)c1ccccc1.O.O=C(O)[C@@H]1C[C@H](N2CCN(c3ccccc3)CC2)CN1C(=O)C(c1ccccc1)c1ccccc1.[Li+].[OH-]. The first-order valence-corrected chi connectivity index (χ1v) is 25.0. The number of ether oxygens (including phenoxy) is 1. The van der Waals surface area contributed by atoms with E-state index in [9.17, 15) is 24.3 Å². The van der Waals surface area contributed by atoms with Gasteiger partial charge in [-0.05, 0) is 59.4 Å². The van der Waals surface area contributed by atoms with Crippen LogP contribution >= 0.6 is 0 Å². The van der Waals surface area contributed by atoms with Gasteiger partial charge in [0.25, 0.3) is 0 Å². The zero-order valence-electron chi connectivity index (χ0n) is 42.4. The van der Waals surface area contributed by atoms with E-state index in [1.54, 1.807) is 9.80 Å². The minimum Gasteiger partial charge on any atom is -0.870 e. The molecule has 4 N–H and O–H groups in total. The maximum absolute atomic E-state index is 14.1. The van der Waals surface area contributed by atoms with Crippen LogP contribution in [0.2, 0.25) is 0 Å². The third-order valence-electron chi connectivity index (χ3n) is 14.8. The molecular formula is C60H71LiN6O8. The summed E-state index contributed by atoms with van der Waals surface area (Å²) in [4.78, 5) is 66.1. The van der Waals surface area contributed by atoms with Gasteiger partial charge >= 0.3 is 30.8 Å². The zero-order chi connectivity index (χ0) is 49.1. The van der Waals surface area contributed by atoms with E-state index in [0.717, 1.165) is 74.6 Å². The molecule has 15 heteroatoms. The summed E-state index contributed by atoms with van der Waals surface area (Å²) >= 11 is 0. The van der Waals surface area contributed by atoms with Gasteiger partial charge in [0.2, 0.25) is 11.8 Å². The standard InChI is InChI=1S/C30H33N3O3.C29H31N3O3.CH4.Li.2H2O/c1-36-30(35)27-21-26(32-19-17-31(18-20-32)25-15-9-4-10-16-25)22-33(27)29(34)28(23-11-5-2-6-12-23)24-13-7-3-8-14-24;33-28(27(22-10-4-1-5-11-22)23-12-6-2-7-13-23)32-21-25(20-26(32)29(34)35)31-18-16-30(17-19-31)24-14-8-3-9-15-24;;;;/h2-16,26-28H,17-22H2,1H3;1-15,25-27H,16-21H2,(H,34,35);1H4;;2*1H2/q;;;+1;;/p-1/t26-,27-;25-,26-;;;;/m00..../s1. The van der Waals surface area contributed by atoms with Crippen LogP contribution in [0, 0.1) is 0 Å². The van der Waals surface area contributed by atoms with Gasteiger partial charge in [-0.2, -0.15) is 0 Å². The maximum atomic E-state index is 14.1.